The van der Waals surface area contributed by atoms with Crippen LogP contribution in [0.3, 0.4) is 0 Å². The Hall–Kier alpha value is -2.10. The molecule has 4 nitrogen and oxygen atoms in total. The number of aromatic nitrogens is 1. The van der Waals surface area contributed by atoms with Crippen molar-refractivity contribution < 1.29 is 9.53 Å². The molecule has 2 aromatic rings. The number of fused-ring (bicyclic) bond motifs is 1. The highest BCUT2D eigenvalue weighted by atomic mass is 16.5. The molecule has 0 saturated heterocycles. The van der Waals surface area contributed by atoms with Gasteiger partial charge in [0.1, 0.15) is 5.69 Å². The van der Waals surface area contributed by atoms with E-state index in [1.807, 2.05) is 12.1 Å². The molecule has 0 unspecified atom stereocenters. The van der Waals surface area contributed by atoms with Crippen LogP contribution in [-0.4, -0.2) is 18.1 Å². The second-order valence-electron chi connectivity index (χ2n) is 3.49. The van der Waals surface area contributed by atoms with Crippen molar-refractivity contribution in [2.75, 3.05) is 7.11 Å². The fourth-order valence-corrected chi connectivity index (χ4v) is 1.72. The SMILES string of the molecule is COC(=O)c1[nH]c(=O)c2ccccc2c1C. The molecule has 0 bridgehead atoms. The zero-order chi connectivity index (χ0) is 11.7. The standard InChI is InChI=1S/C12H11NO3/c1-7-8-5-3-4-6-9(8)11(14)13-10(7)12(15)16-2/h3-6H,1-2H3,(H,13,14). The van der Waals surface area contributed by atoms with Gasteiger partial charge < -0.3 is 9.72 Å². The fourth-order valence-electron chi connectivity index (χ4n) is 1.72. The fraction of sp³-hybridized carbons (Fsp3) is 0.167. The van der Waals surface area contributed by atoms with E-state index in [0.717, 1.165) is 10.9 Å². The van der Waals surface area contributed by atoms with Crippen LogP contribution in [0.5, 0.6) is 0 Å². The first-order chi connectivity index (χ1) is 7.65. The van der Waals surface area contributed by atoms with Crippen molar-refractivity contribution in [1.29, 1.82) is 0 Å². The van der Waals surface area contributed by atoms with E-state index in [1.54, 1.807) is 19.1 Å². The minimum Gasteiger partial charge on any atom is -0.464 e. The number of ether oxygens (including phenoxy) is 1. The first-order valence-corrected chi connectivity index (χ1v) is 4.85. The molecular formula is C12H11NO3. The average molecular weight is 217 g/mol. The van der Waals surface area contributed by atoms with Crippen LogP contribution in [-0.2, 0) is 4.74 Å². The second-order valence-corrected chi connectivity index (χ2v) is 3.49. The summed E-state index contributed by atoms with van der Waals surface area (Å²) < 4.78 is 4.61. The molecule has 0 spiro atoms. The van der Waals surface area contributed by atoms with E-state index in [0.29, 0.717) is 5.39 Å². The monoisotopic (exact) mass is 217 g/mol. The maximum atomic E-state index is 11.7. The quantitative estimate of drug-likeness (QED) is 0.738. The summed E-state index contributed by atoms with van der Waals surface area (Å²) in [5, 5.41) is 1.35. The lowest BCUT2D eigenvalue weighted by molar-refractivity contribution is 0.0593. The Labute approximate surface area is 91.9 Å². The highest BCUT2D eigenvalue weighted by Crippen LogP contribution is 2.17. The summed E-state index contributed by atoms with van der Waals surface area (Å²) in [6.07, 6.45) is 0. The topological polar surface area (TPSA) is 59.2 Å². The zero-order valence-electron chi connectivity index (χ0n) is 9.03. The molecule has 0 atom stereocenters. The van der Waals surface area contributed by atoms with Crippen molar-refractivity contribution in [3.63, 3.8) is 0 Å². The van der Waals surface area contributed by atoms with Crippen molar-refractivity contribution in [2.24, 2.45) is 0 Å². The van der Waals surface area contributed by atoms with E-state index >= 15 is 0 Å². The van der Waals surface area contributed by atoms with Gasteiger partial charge in [-0.2, -0.15) is 0 Å². The van der Waals surface area contributed by atoms with Crippen molar-refractivity contribution in [1.82, 2.24) is 4.98 Å². The molecule has 0 aliphatic rings. The van der Waals surface area contributed by atoms with Crippen LogP contribution in [0.15, 0.2) is 29.1 Å². The highest BCUT2D eigenvalue weighted by Gasteiger charge is 2.13. The molecule has 82 valence electrons. The van der Waals surface area contributed by atoms with Crippen LogP contribution >= 0.6 is 0 Å². The summed E-state index contributed by atoms with van der Waals surface area (Å²) in [5.74, 6) is -0.527. The smallest absolute Gasteiger partial charge is 0.354 e. The molecule has 0 aliphatic carbocycles. The second kappa shape index (κ2) is 3.81. The number of nitrogens with one attached hydrogen (secondary N) is 1. The van der Waals surface area contributed by atoms with Gasteiger partial charge in [-0.1, -0.05) is 18.2 Å². The van der Waals surface area contributed by atoms with Gasteiger partial charge in [0.05, 0.1) is 7.11 Å². The molecule has 4 heteroatoms. The number of aryl methyl sites for hydroxylation is 1. The van der Waals surface area contributed by atoms with Crippen molar-refractivity contribution >= 4 is 16.7 Å². The van der Waals surface area contributed by atoms with Crippen LogP contribution in [0, 0.1) is 6.92 Å². The largest absolute Gasteiger partial charge is 0.464 e. The summed E-state index contributed by atoms with van der Waals surface area (Å²) in [5.41, 5.74) is 0.662. The third-order valence-electron chi connectivity index (χ3n) is 2.58. The van der Waals surface area contributed by atoms with Gasteiger partial charge in [0.25, 0.3) is 5.56 Å². The van der Waals surface area contributed by atoms with Crippen molar-refractivity contribution in [3.8, 4) is 0 Å². The average Bonchev–Trinajstić information content (AvgIpc) is 2.33. The summed E-state index contributed by atoms with van der Waals surface area (Å²) in [4.78, 5) is 25.7. The zero-order valence-corrected chi connectivity index (χ0v) is 9.03. The van der Waals surface area contributed by atoms with Gasteiger partial charge in [-0.25, -0.2) is 4.79 Å². The number of methoxy groups -OCH3 is 1. The number of aromatic amines is 1. The molecule has 0 fully saturated rings. The van der Waals surface area contributed by atoms with E-state index in [2.05, 4.69) is 9.72 Å². The molecule has 0 saturated carbocycles. The van der Waals surface area contributed by atoms with E-state index in [4.69, 9.17) is 0 Å². The lowest BCUT2D eigenvalue weighted by Gasteiger charge is -2.06. The number of benzene rings is 1. The van der Waals surface area contributed by atoms with Crippen LogP contribution in [0.1, 0.15) is 16.1 Å². The van der Waals surface area contributed by atoms with Gasteiger partial charge in [-0.3, -0.25) is 4.79 Å². The van der Waals surface area contributed by atoms with E-state index in [1.165, 1.54) is 7.11 Å². The first kappa shape index (κ1) is 10.4. The van der Waals surface area contributed by atoms with Crippen LogP contribution < -0.4 is 5.56 Å². The van der Waals surface area contributed by atoms with Crippen LogP contribution in [0.25, 0.3) is 10.8 Å². The predicted octanol–water partition coefficient (Wildman–Crippen LogP) is 1.62. The normalized spacial score (nSPS) is 10.4. The molecule has 1 aromatic heterocycles. The number of esters is 1. The van der Waals surface area contributed by atoms with Crippen LogP contribution in [0.4, 0.5) is 0 Å². The van der Waals surface area contributed by atoms with Gasteiger partial charge in [-0.15, -0.1) is 0 Å². The molecule has 16 heavy (non-hydrogen) atoms. The van der Waals surface area contributed by atoms with Crippen molar-refractivity contribution in [3.05, 3.63) is 45.9 Å². The number of carbonyl (C=O) groups is 1. The minimum absolute atomic E-state index is 0.214. The molecule has 1 aromatic carbocycles. The van der Waals surface area contributed by atoms with Gasteiger partial charge in [0, 0.05) is 5.39 Å². The Kier molecular flexibility index (Phi) is 2.48. The molecule has 1 N–H and O–H groups in total. The van der Waals surface area contributed by atoms with Gasteiger partial charge in [0.2, 0.25) is 0 Å². The minimum atomic E-state index is -0.527. The Bertz CT molecular complexity index is 613. The van der Waals surface area contributed by atoms with Gasteiger partial charge in [-0.05, 0) is 23.9 Å². The van der Waals surface area contributed by atoms with E-state index < -0.39 is 5.97 Å². The lowest BCUT2D eigenvalue weighted by Crippen LogP contribution is -2.16. The third-order valence-corrected chi connectivity index (χ3v) is 2.58. The molecule has 1 heterocycles. The number of rotatable bonds is 1. The third kappa shape index (κ3) is 1.48. The number of H-pyrrole nitrogens is 1. The molecule has 2 rings (SSSR count). The van der Waals surface area contributed by atoms with Crippen LogP contribution in [0.2, 0.25) is 0 Å². The predicted molar refractivity (Wildman–Crippen MR) is 60.6 cm³/mol. The van der Waals surface area contributed by atoms with E-state index in [9.17, 15) is 9.59 Å². The number of hydrogen-bond acceptors (Lipinski definition) is 3. The number of pyridine rings is 1. The molecule has 0 radical (unpaired) electrons. The summed E-state index contributed by atoms with van der Waals surface area (Å²) >= 11 is 0. The summed E-state index contributed by atoms with van der Waals surface area (Å²) in [6.45, 7) is 1.78. The number of hydrogen-bond donors (Lipinski definition) is 1. The maximum absolute atomic E-state index is 11.7. The van der Waals surface area contributed by atoms with Gasteiger partial charge >= 0.3 is 5.97 Å². The van der Waals surface area contributed by atoms with Gasteiger partial charge in [0.15, 0.2) is 0 Å². The Morgan fingerprint density at radius 2 is 1.88 bits per heavy atom. The summed E-state index contributed by atoms with van der Waals surface area (Å²) in [7, 11) is 1.29. The first-order valence-electron chi connectivity index (χ1n) is 4.85. The lowest BCUT2D eigenvalue weighted by atomic mass is 10.1. The summed E-state index contributed by atoms with van der Waals surface area (Å²) in [6, 6.07) is 7.15. The Morgan fingerprint density at radius 3 is 2.50 bits per heavy atom. The molecule has 0 aliphatic heterocycles. The van der Waals surface area contributed by atoms with Crippen molar-refractivity contribution in [2.45, 2.75) is 6.92 Å². The maximum Gasteiger partial charge on any atom is 0.354 e. The van der Waals surface area contributed by atoms with E-state index in [-0.39, 0.29) is 11.3 Å². The highest BCUT2D eigenvalue weighted by molar-refractivity contribution is 5.96. The molecule has 0 amide bonds. The number of carbonyl (C=O) groups excluding carboxylic acids is 1. The Morgan fingerprint density at radius 1 is 1.25 bits per heavy atom. The molecular weight excluding hydrogens is 206 g/mol. The Balaban J connectivity index is 2.86.